The van der Waals surface area contributed by atoms with Crippen LogP contribution in [-0.4, -0.2) is 4.98 Å². The number of aryl methyl sites for hydroxylation is 4. The summed E-state index contributed by atoms with van der Waals surface area (Å²) in [5, 5.41) is 1.53. The van der Waals surface area contributed by atoms with E-state index in [4.69, 9.17) is 12.6 Å². The van der Waals surface area contributed by atoms with Gasteiger partial charge in [0.25, 0.3) is 0 Å². The summed E-state index contributed by atoms with van der Waals surface area (Å²) < 4.78 is 55.3. The summed E-state index contributed by atoms with van der Waals surface area (Å²) in [5.74, 6) is 0. The van der Waals surface area contributed by atoms with E-state index in [2.05, 4.69) is 4.98 Å². The van der Waals surface area contributed by atoms with Gasteiger partial charge in [0.2, 0.25) is 11.4 Å². The lowest BCUT2D eigenvalue weighted by Crippen LogP contribution is -2.31. The van der Waals surface area contributed by atoms with Gasteiger partial charge in [0.15, 0.2) is 11.8 Å². The number of nitrogens with zero attached hydrogens (tertiary/aromatic N) is 2. The topological polar surface area (TPSA) is 29.9 Å². The molecule has 3 heterocycles. The number of hydrogen-bond acceptors (Lipinski definition) is 2. The molecule has 0 saturated heterocycles. The van der Waals surface area contributed by atoms with Crippen molar-refractivity contribution in [3.63, 3.8) is 0 Å². The minimum atomic E-state index is -2.34. The quantitative estimate of drug-likeness (QED) is 0.345. The van der Waals surface area contributed by atoms with Crippen LogP contribution in [0.15, 0.2) is 71.3 Å². The lowest BCUT2D eigenvalue weighted by atomic mass is 9.96. The first kappa shape index (κ1) is 12.2. The number of benzene rings is 2. The van der Waals surface area contributed by atoms with Gasteiger partial charge in [-0.15, -0.1) is 0 Å². The molecule has 0 aliphatic heterocycles. The molecule has 5 aromatic rings. The van der Waals surface area contributed by atoms with E-state index >= 15 is 0 Å². The van der Waals surface area contributed by atoms with Crippen molar-refractivity contribution in [2.75, 3.05) is 0 Å². The highest BCUT2D eigenvalue weighted by Gasteiger charge is 2.22. The first-order valence-corrected chi connectivity index (χ1v) is 9.38. The molecule has 0 bridgehead atoms. The average Bonchev–Trinajstić information content (AvgIpc) is 3.16. The van der Waals surface area contributed by atoms with Crippen molar-refractivity contribution in [2.45, 2.75) is 20.6 Å². The molecule has 0 saturated carbocycles. The van der Waals surface area contributed by atoms with Crippen molar-refractivity contribution in [1.29, 1.82) is 0 Å². The Hall–Kier alpha value is -3.46. The van der Waals surface area contributed by atoms with E-state index in [1.54, 1.807) is 16.8 Å². The predicted molar refractivity (Wildman–Crippen MR) is 118 cm³/mol. The smallest absolute Gasteiger partial charge is 0.227 e. The van der Waals surface area contributed by atoms with Gasteiger partial charge < -0.3 is 4.42 Å². The molecule has 5 rings (SSSR count). The molecule has 0 amide bonds. The molecule has 0 unspecified atom stereocenters. The van der Waals surface area contributed by atoms with Gasteiger partial charge in [-0.2, -0.15) is 0 Å². The van der Waals surface area contributed by atoms with E-state index < -0.39 is 13.7 Å². The van der Waals surface area contributed by atoms with Crippen LogP contribution in [0.5, 0.6) is 0 Å². The lowest BCUT2D eigenvalue weighted by Gasteiger charge is -2.10. The fraction of sp³-hybridized carbons (Fsp3) is 0.154. The first-order chi connectivity index (χ1) is 16.4. The van der Waals surface area contributed by atoms with Gasteiger partial charge in [-0.1, -0.05) is 42.5 Å². The molecule has 0 fully saturated rings. The van der Waals surface area contributed by atoms with Gasteiger partial charge in [-0.25, -0.2) is 9.55 Å². The molecule has 0 spiro atoms. The Kier molecular flexibility index (Phi) is 2.75. The second kappa shape index (κ2) is 6.56. The number of fused-ring (bicyclic) bond motifs is 3. The van der Waals surface area contributed by atoms with Crippen molar-refractivity contribution in [3.8, 4) is 22.4 Å². The van der Waals surface area contributed by atoms with Gasteiger partial charge in [0.1, 0.15) is 7.05 Å². The number of rotatable bonds is 2. The highest BCUT2D eigenvalue weighted by atomic mass is 16.3. The van der Waals surface area contributed by atoms with E-state index in [9.17, 15) is 0 Å². The summed E-state index contributed by atoms with van der Waals surface area (Å²) >= 11 is 0. The second-order valence-electron chi connectivity index (χ2n) is 7.25. The van der Waals surface area contributed by atoms with Crippen molar-refractivity contribution < 1.29 is 17.2 Å². The summed E-state index contributed by atoms with van der Waals surface area (Å²) in [6, 6.07) is 18.5. The maximum Gasteiger partial charge on any atom is 0.227 e. The lowest BCUT2D eigenvalue weighted by molar-refractivity contribution is -0.660. The zero-order valence-electron chi connectivity index (χ0n) is 22.2. The third-order valence-corrected chi connectivity index (χ3v) is 5.33. The molecular weight excluding hydrogens is 356 g/mol. The van der Waals surface area contributed by atoms with Gasteiger partial charge in [0.05, 0.1) is 5.56 Å². The molecule has 0 atom stereocenters. The van der Waals surface area contributed by atoms with Crippen LogP contribution in [0.2, 0.25) is 0 Å². The molecule has 0 aliphatic carbocycles. The van der Waals surface area contributed by atoms with Gasteiger partial charge in [-0.3, -0.25) is 0 Å². The van der Waals surface area contributed by atoms with E-state index in [1.165, 1.54) is 6.07 Å². The molecule has 3 heteroatoms. The third-order valence-electron chi connectivity index (χ3n) is 5.33. The fourth-order valence-electron chi connectivity index (χ4n) is 3.89. The van der Waals surface area contributed by atoms with Crippen LogP contribution >= 0.6 is 0 Å². The maximum absolute atomic E-state index is 8.10. The van der Waals surface area contributed by atoms with Crippen molar-refractivity contribution in [2.24, 2.45) is 7.05 Å². The molecule has 0 aliphatic rings. The van der Waals surface area contributed by atoms with Crippen LogP contribution < -0.4 is 4.57 Å². The molecular formula is C26H23N2O+. The predicted octanol–water partition coefficient (Wildman–Crippen LogP) is 6.06. The van der Waals surface area contributed by atoms with Gasteiger partial charge >= 0.3 is 0 Å². The van der Waals surface area contributed by atoms with Crippen molar-refractivity contribution in [1.82, 2.24) is 4.98 Å². The van der Waals surface area contributed by atoms with Crippen LogP contribution in [0.25, 0.3) is 44.5 Å². The first-order valence-electron chi connectivity index (χ1n) is 12.4. The second-order valence-corrected chi connectivity index (χ2v) is 7.25. The van der Waals surface area contributed by atoms with Crippen LogP contribution in [-0.2, 0) is 7.05 Å². The number of pyridine rings is 2. The summed E-state index contributed by atoms with van der Waals surface area (Å²) in [4.78, 5) is 4.27. The number of aromatic nitrogens is 2. The summed E-state index contributed by atoms with van der Waals surface area (Å²) in [6.45, 7) is -2.67. The van der Waals surface area contributed by atoms with Crippen LogP contribution in [0, 0.1) is 20.6 Å². The highest BCUT2D eigenvalue weighted by Crippen LogP contribution is 2.37. The number of hydrogen-bond donors (Lipinski definition) is 0. The minimum Gasteiger partial charge on any atom is -0.437 e. The van der Waals surface area contributed by atoms with Crippen molar-refractivity contribution in [3.05, 3.63) is 83.7 Å². The molecule has 3 aromatic heterocycles. The SMILES string of the molecule is [2H]C([2H])([2H])c1ccc2c(n1)oc1c(-c3cc(-c4ccccc4)c(C([2H])([2H])[2H])c[n+]3C)c(C)ccc12. The van der Waals surface area contributed by atoms with E-state index in [0.29, 0.717) is 11.1 Å². The Labute approximate surface area is 178 Å². The van der Waals surface area contributed by atoms with E-state index in [0.717, 1.165) is 33.2 Å². The Morgan fingerprint density at radius 1 is 0.931 bits per heavy atom. The molecule has 142 valence electrons. The fourth-order valence-corrected chi connectivity index (χ4v) is 3.89. The highest BCUT2D eigenvalue weighted by molar-refractivity contribution is 6.08. The molecule has 3 nitrogen and oxygen atoms in total. The minimum absolute atomic E-state index is 0.0266. The van der Waals surface area contributed by atoms with Crippen molar-refractivity contribution >= 4 is 22.1 Å². The Morgan fingerprint density at radius 3 is 2.55 bits per heavy atom. The Bertz CT molecular complexity index is 1580. The maximum atomic E-state index is 8.10. The summed E-state index contributed by atoms with van der Waals surface area (Å²) in [6.07, 6.45) is 1.65. The van der Waals surface area contributed by atoms with Gasteiger partial charge in [-0.05, 0) is 49.5 Å². The Balaban J connectivity index is 1.82. The zero-order valence-corrected chi connectivity index (χ0v) is 16.2. The largest absolute Gasteiger partial charge is 0.437 e. The summed E-state index contributed by atoms with van der Waals surface area (Å²) in [7, 11) is 1.81. The third kappa shape index (κ3) is 2.82. The molecule has 2 aromatic carbocycles. The monoisotopic (exact) mass is 385 g/mol. The molecule has 0 radical (unpaired) electrons. The Morgan fingerprint density at radius 2 is 1.76 bits per heavy atom. The average molecular weight is 386 g/mol. The van der Waals surface area contributed by atoms with Crippen LogP contribution in [0.3, 0.4) is 0 Å². The summed E-state index contributed by atoms with van der Waals surface area (Å²) in [5.41, 5.74) is 4.99. The van der Waals surface area contributed by atoms with Crippen LogP contribution in [0.4, 0.5) is 0 Å². The standard InChI is InChI=1S/C26H23N2O/c1-16-10-12-20-21-13-11-18(3)27-26(21)29-25(20)24(16)23-14-22(17(2)15-28(23)4)19-8-6-5-7-9-19/h5-15H,1-4H3/q+1/i2D3,3D3. The van der Waals surface area contributed by atoms with E-state index in [-0.39, 0.29) is 17.0 Å². The van der Waals surface area contributed by atoms with E-state index in [1.807, 2.05) is 62.5 Å². The molecule has 0 N–H and O–H groups in total. The van der Waals surface area contributed by atoms with Crippen LogP contribution in [0.1, 0.15) is 25.0 Å². The van der Waals surface area contributed by atoms with Gasteiger partial charge in [0, 0.05) is 36.3 Å². The molecule has 29 heavy (non-hydrogen) atoms. The zero-order chi connectivity index (χ0) is 25.1. The number of furan rings is 1. The normalized spacial score (nSPS) is 15.4.